The number of likely N-dealkylation sites (tertiary alicyclic amines) is 1. The van der Waals surface area contributed by atoms with Crippen LogP contribution in [0.3, 0.4) is 0 Å². The Morgan fingerprint density at radius 3 is 2.81 bits per heavy atom. The molecule has 26 heavy (non-hydrogen) atoms. The van der Waals surface area contributed by atoms with E-state index in [4.69, 9.17) is 16.1 Å². The molecule has 0 spiro atoms. The normalized spacial score (nSPS) is 17.2. The van der Waals surface area contributed by atoms with E-state index in [0.29, 0.717) is 24.0 Å². The molecular weight excluding hydrogens is 374 g/mol. The van der Waals surface area contributed by atoms with Crippen LogP contribution in [-0.4, -0.2) is 55.5 Å². The number of rotatable bonds is 7. The molecule has 0 radical (unpaired) electrons. The average Bonchev–Trinajstić information content (AvgIpc) is 3.05. The van der Waals surface area contributed by atoms with E-state index in [1.807, 2.05) is 19.1 Å². The predicted molar refractivity (Wildman–Crippen MR) is 104 cm³/mol. The van der Waals surface area contributed by atoms with Gasteiger partial charge in [-0.1, -0.05) is 30.3 Å². The minimum absolute atomic E-state index is 0.355. The highest BCUT2D eigenvalue weighted by atomic mass is 35.5. The molecule has 0 unspecified atom stereocenters. The number of hydrogen-bond acceptors (Lipinski definition) is 5. The van der Waals surface area contributed by atoms with Gasteiger partial charge in [-0.05, 0) is 38.1 Å². The van der Waals surface area contributed by atoms with Crippen molar-refractivity contribution in [2.24, 2.45) is 0 Å². The first-order valence-corrected chi connectivity index (χ1v) is 10.7. The van der Waals surface area contributed by atoms with E-state index >= 15 is 0 Å². The lowest BCUT2D eigenvalue weighted by Crippen LogP contribution is -2.40. The van der Waals surface area contributed by atoms with Gasteiger partial charge in [0.1, 0.15) is 0 Å². The first-order chi connectivity index (χ1) is 12.4. The summed E-state index contributed by atoms with van der Waals surface area (Å²) < 4.78 is 30.7. The van der Waals surface area contributed by atoms with Crippen LogP contribution in [0.15, 0.2) is 34.7 Å². The fourth-order valence-electron chi connectivity index (χ4n) is 3.48. The maximum atomic E-state index is 11.9. The Kier molecular flexibility index (Phi) is 6.02. The molecule has 142 valence electrons. The highest BCUT2D eigenvalue weighted by Gasteiger charge is 2.26. The van der Waals surface area contributed by atoms with E-state index in [9.17, 15) is 8.42 Å². The second-order valence-electron chi connectivity index (χ2n) is 6.53. The van der Waals surface area contributed by atoms with Crippen molar-refractivity contribution in [1.82, 2.24) is 14.4 Å². The molecule has 0 N–H and O–H groups in total. The van der Waals surface area contributed by atoms with E-state index in [1.165, 1.54) is 4.31 Å². The fraction of sp³-hybridized carbons (Fsp3) is 0.500. The van der Waals surface area contributed by atoms with Crippen molar-refractivity contribution < 1.29 is 12.9 Å². The number of aromatic nitrogens is 1. The lowest BCUT2D eigenvalue weighted by atomic mass is 9.91. The van der Waals surface area contributed by atoms with E-state index in [2.05, 4.69) is 16.6 Å². The van der Waals surface area contributed by atoms with Gasteiger partial charge in [-0.2, -0.15) is 4.31 Å². The van der Waals surface area contributed by atoms with Crippen LogP contribution >= 0.6 is 11.6 Å². The maximum absolute atomic E-state index is 11.9. The molecule has 0 atom stereocenters. The molecule has 0 amide bonds. The summed E-state index contributed by atoms with van der Waals surface area (Å²) in [5.41, 5.74) is 1.73. The Morgan fingerprint density at radius 1 is 1.42 bits per heavy atom. The molecule has 0 bridgehead atoms. The van der Waals surface area contributed by atoms with Crippen LogP contribution in [0.5, 0.6) is 0 Å². The number of benzene rings is 1. The van der Waals surface area contributed by atoms with Crippen LogP contribution in [0, 0.1) is 0 Å². The zero-order valence-electron chi connectivity index (χ0n) is 14.9. The predicted octanol–water partition coefficient (Wildman–Crippen LogP) is 3.46. The van der Waals surface area contributed by atoms with Crippen molar-refractivity contribution in [3.63, 3.8) is 0 Å². The summed E-state index contributed by atoms with van der Waals surface area (Å²) in [5.74, 6) is 0.355. The summed E-state index contributed by atoms with van der Waals surface area (Å²) in [6.07, 6.45) is 1.95. The standard InChI is InChI=1S/C18H24ClN3O3S/c1-3-22(26(23,24)4-2)12-11-21-9-7-14(8-10-21)18-16-6-5-15(19)13-17(16)25-20-18/h4-6,13-14H,2-3,7-12H2,1H3. The van der Waals surface area contributed by atoms with E-state index < -0.39 is 10.0 Å². The highest BCUT2D eigenvalue weighted by Crippen LogP contribution is 2.33. The smallest absolute Gasteiger partial charge is 0.235 e. The summed E-state index contributed by atoms with van der Waals surface area (Å²) in [6, 6.07) is 5.62. The molecular formula is C18H24ClN3O3S. The third kappa shape index (κ3) is 4.11. The Bertz CT molecular complexity index is 873. The van der Waals surface area contributed by atoms with Crippen LogP contribution < -0.4 is 0 Å². The third-order valence-corrected chi connectivity index (χ3v) is 6.84. The molecule has 1 saturated heterocycles. The van der Waals surface area contributed by atoms with Gasteiger partial charge in [0.15, 0.2) is 5.58 Å². The Morgan fingerprint density at radius 2 is 2.15 bits per heavy atom. The second kappa shape index (κ2) is 8.08. The lowest BCUT2D eigenvalue weighted by Gasteiger charge is -2.32. The molecule has 2 aromatic rings. The quantitative estimate of drug-likeness (QED) is 0.715. The average molecular weight is 398 g/mol. The maximum Gasteiger partial charge on any atom is 0.235 e. The molecule has 2 heterocycles. The van der Waals surface area contributed by atoms with Crippen LogP contribution in [0.4, 0.5) is 0 Å². The van der Waals surface area contributed by atoms with Gasteiger partial charge in [-0.25, -0.2) is 8.42 Å². The Balaban J connectivity index is 1.58. The third-order valence-electron chi connectivity index (χ3n) is 5.03. The number of likely N-dealkylation sites (N-methyl/N-ethyl adjacent to an activating group) is 1. The summed E-state index contributed by atoms with van der Waals surface area (Å²) in [4.78, 5) is 2.30. The molecule has 3 rings (SSSR count). The molecule has 0 aliphatic carbocycles. The second-order valence-corrected chi connectivity index (χ2v) is 8.84. The lowest BCUT2D eigenvalue weighted by molar-refractivity contribution is 0.198. The summed E-state index contributed by atoms with van der Waals surface area (Å²) in [6.45, 7) is 8.74. The van der Waals surface area contributed by atoms with Crippen molar-refractivity contribution in [2.45, 2.75) is 25.7 Å². The number of halogens is 1. The van der Waals surface area contributed by atoms with Gasteiger partial charge >= 0.3 is 0 Å². The van der Waals surface area contributed by atoms with Gasteiger partial charge in [-0.15, -0.1) is 0 Å². The summed E-state index contributed by atoms with van der Waals surface area (Å²) >= 11 is 6.00. The van der Waals surface area contributed by atoms with Gasteiger partial charge in [0.2, 0.25) is 10.0 Å². The fourth-order valence-corrected chi connectivity index (χ4v) is 4.55. The minimum Gasteiger partial charge on any atom is -0.356 e. The van der Waals surface area contributed by atoms with Crippen LogP contribution in [0.2, 0.25) is 5.02 Å². The number of piperidine rings is 1. The molecule has 1 fully saturated rings. The van der Waals surface area contributed by atoms with Crippen molar-refractivity contribution in [2.75, 3.05) is 32.7 Å². The first-order valence-electron chi connectivity index (χ1n) is 8.84. The van der Waals surface area contributed by atoms with Gasteiger partial charge in [0.25, 0.3) is 0 Å². The SMILES string of the molecule is C=CS(=O)(=O)N(CC)CCN1CCC(c2noc3cc(Cl)ccc23)CC1. The molecule has 8 heteroatoms. The number of nitrogens with zero attached hydrogens (tertiary/aromatic N) is 3. The van der Waals surface area contributed by atoms with Crippen LogP contribution in [-0.2, 0) is 10.0 Å². The van der Waals surface area contributed by atoms with E-state index in [1.54, 1.807) is 6.07 Å². The Hall–Kier alpha value is -1.41. The molecule has 0 saturated carbocycles. The number of hydrogen-bond donors (Lipinski definition) is 0. The number of sulfonamides is 1. The summed E-state index contributed by atoms with van der Waals surface area (Å²) in [7, 11) is -3.35. The van der Waals surface area contributed by atoms with Gasteiger partial charge < -0.3 is 9.42 Å². The molecule has 6 nitrogen and oxygen atoms in total. The van der Waals surface area contributed by atoms with Crippen molar-refractivity contribution in [3.8, 4) is 0 Å². The van der Waals surface area contributed by atoms with E-state index in [0.717, 1.165) is 54.5 Å². The van der Waals surface area contributed by atoms with E-state index in [-0.39, 0.29) is 0 Å². The molecule has 1 aliphatic heterocycles. The molecule has 1 aliphatic rings. The monoisotopic (exact) mass is 397 g/mol. The van der Waals surface area contributed by atoms with Crippen molar-refractivity contribution in [1.29, 1.82) is 0 Å². The van der Waals surface area contributed by atoms with Crippen molar-refractivity contribution >= 4 is 32.6 Å². The Labute approximate surface area is 159 Å². The largest absolute Gasteiger partial charge is 0.356 e. The van der Waals surface area contributed by atoms with Gasteiger partial charge in [0.05, 0.1) is 5.69 Å². The summed E-state index contributed by atoms with van der Waals surface area (Å²) in [5, 5.41) is 6.96. The van der Waals surface area contributed by atoms with Crippen molar-refractivity contribution in [3.05, 3.63) is 40.9 Å². The highest BCUT2D eigenvalue weighted by molar-refractivity contribution is 7.92. The molecule has 1 aromatic heterocycles. The topological polar surface area (TPSA) is 66.7 Å². The minimum atomic E-state index is -3.35. The zero-order valence-corrected chi connectivity index (χ0v) is 16.5. The molecule has 1 aromatic carbocycles. The van der Waals surface area contributed by atoms with Gasteiger partial charge in [-0.3, -0.25) is 0 Å². The number of fused-ring (bicyclic) bond motifs is 1. The zero-order chi connectivity index (χ0) is 18.7. The van der Waals surface area contributed by atoms with Crippen LogP contribution in [0.1, 0.15) is 31.4 Å². The first kappa shape index (κ1) is 19.4. The van der Waals surface area contributed by atoms with Crippen LogP contribution in [0.25, 0.3) is 11.0 Å². The van der Waals surface area contributed by atoms with Gasteiger partial charge in [0, 0.05) is 47.4 Å².